The summed E-state index contributed by atoms with van der Waals surface area (Å²) in [6.45, 7) is 6.65. The molecule has 1 aromatic carbocycles. The van der Waals surface area contributed by atoms with Crippen LogP contribution in [-0.4, -0.2) is 33.7 Å². The standard InChI is InChI=1S/C19H26N4O3/c1-4-12-26-15-8-6-14(7-9-15)18-21-19(25)16(22-23-18)10-11-17(24)20-13(3)5-2/h6-9,13H,4-5,10-12H2,1-3H3,(H,20,24)(H,21,23,25). The fourth-order valence-electron chi connectivity index (χ4n) is 2.26. The third-order valence-corrected chi connectivity index (χ3v) is 3.97. The maximum Gasteiger partial charge on any atom is 0.273 e. The van der Waals surface area contributed by atoms with Crippen LogP contribution in [0.15, 0.2) is 29.1 Å². The number of hydrogen-bond acceptors (Lipinski definition) is 5. The topological polar surface area (TPSA) is 97.0 Å². The van der Waals surface area contributed by atoms with Crippen LogP contribution in [0.4, 0.5) is 0 Å². The predicted molar refractivity (Wildman–Crippen MR) is 100 cm³/mol. The zero-order valence-corrected chi connectivity index (χ0v) is 15.5. The van der Waals surface area contributed by atoms with E-state index >= 15 is 0 Å². The number of aromatic amines is 1. The number of nitrogens with zero attached hydrogens (tertiary/aromatic N) is 2. The van der Waals surface area contributed by atoms with Gasteiger partial charge in [0.25, 0.3) is 5.56 Å². The van der Waals surface area contributed by atoms with Crippen LogP contribution in [-0.2, 0) is 11.2 Å². The minimum atomic E-state index is -0.322. The molecule has 0 bridgehead atoms. The number of ether oxygens (including phenoxy) is 1. The quantitative estimate of drug-likeness (QED) is 0.718. The fourth-order valence-corrected chi connectivity index (χ4v) is 2.26. The van der Waals surface area contributed by atoms with E-state index in [2.05, 4.69) is 20.5 Å². The van der Waals surface area contributed by atoms with Gasteiger partial charge >= 0.3 is 0 Å². The van der Waals surface area contributed by atoms with Gasteiger partial charge in [0.15, 0.2) is 5.82 Å². The zero-order valence-electron chi connectivity index (χ0n) is 15.5. The molecule has 26 heavy (non-hydrogen) atoms. The second-order valence-electron chi connectivity index (χ2n) is 6.20. The molecule has 0 aliphatic rings. The highest BCUT2D eigenvalue weighted by Gasteiger charge is 2.11. The van der Waals surface area contributed by atoms with Crippen LogP contribution in [0.5, 0.6) is 5.75 Å². The van der Waals surface area contributed by atoms with Gasteiger partial charge in [-0.15, -0.1) is 10.2 Å². The summed E-state index contributed by atoms with van der Waals surface area (Å²) in [5.74, 6) is 1.08. The van der Waals surface area contributed by atoms with E-state index in [4.69, 9.17) is 4.74 Å². The Hall–Kier alpha value is -2.70. The van der Waals surface area contributed by atoms with Crippen LogP contribution < -0.4 is 15.6 Å². The number of nitrogens with one attached hydrogen (secondary N) is 2. The number of H-pyrrole nitrogens is 1. The summed E-state index contributed by atoms with van der Waals surface area (Å²) in [6.07, 6.45) is 2.28. The van der Waals surface area contributed by atoms with Crippen molar-refractivity contribution < 1.29 is 9.53 Å². The summed E-state index contributed by atoms with van der Waals surface area (Å²) < 4.78 is 5.53. The summed E-state index contributed by atoms with van der Waals surface area (Å²) in [7, 11) is 0. The van der Waals surface area contributed by atoms with Crippen molar-refractivity contribution in [1.82, 2.24) is 20.5 Å². The van der Waals surface area contributed by atoms with Crippen molar-refractivity contribution in [3.63, 3.8) is 0 Å². The predicted octanol–water partition coefficient (Wildman–Crippen LogP) is 2.47. The number of hydrogen-bond donors (Lipinski definition) is 2. The van der Waals surface area contributed by atoms with Crippen LogP contribution in [0.1, 0.15) is 45.7 Å². The molecule has 0 fully saturated rings. The summed E-state index contributed by atoms with van der Waals surface area (Å²) in [5.41, 5.74) is 0.688. The van der Waals surface area contributed by atoms with Gasteiger partial charge in [0, 0.05) is 24.4 Å². The molecular weight excluding hydrogens is 332 g/mol. The first-order chi connectivity index (χ1) is 12.5. The monoisotopic (exact) mass is 358 g/mol. The first-order valence-electron chi connectivity index (χ1n) is 9.02. The Kier molecular flexibility index (Phi) is 7.32. The van der Waals surface area contributed by atoms with E-state index in [1.165, 1.54) is 0 Å². The Bertz CT molecular complexity index is 771. The van der Waals surface area contributed by atoms with Crippen molar-refractivity contribution >= 4 is 5.91 Å². The number of aromatic nitrogens is 3. The van der Waals surface area contributed by atoms with Crippen LogP contribution in [0.2, 0.25) is 0 Å². The van der Waals surface area contributed by atoms with Crippen LogP contribution in [0.3, 0.4) is 0 Å². The minimum Gasteiger partial charge on any atom is -0.494 e. The van der Waals surface area contributed by atoms with E-state index in [-0.39, 0.29) is 36.0 Å². The molecule has 0 radical (unpaired) electrons. The van der Waals surface area contributed by atoms with Gasteiger partial charge in [-0.05, 0) is 44.0 Å². The lowest BCUT2D eigenvalue weighted by molar-refractivity contribution is -0.121. The van der Waals surface area contributed by atoms with E-state index in [1.807, 2.05) is 45.0 Å². The third kappa shape index (κ3) is 5.68. The lowest BCUT2D eigenvalue weighted by Gasteiger charge is -2.10. The average molecular weight is 358 g/mol. The molecule has 7 heteroatoms. The maximum absolute atomic E-state index is 12.2. The molecule has 0 saturated carbocycles. The van der Waals surface area contributed by atoms with Crippen molar-refractivity contribution in [2.45, 2.75) is 52.5 Å². The number of rotatable bonds is 9. The van der Waals surface area contributed by atoms with Crippen molar-refractivity contribution in [2.24, 2.45) is 0 Å². The van der Waals surface area contributed by atoms with Gasteiger partial charge in [0.1, 0.15) is 11.4 Å². The van der Waals surface area contributed by atoms with Gasteiger partial charge in [-0.1, -0.05) is 13.8 Å². The van der Waals surface area contributed by atoms with E-state index < -0.39 is 0 Å². The summed E-state index contributed by atoms with van der Waals surface area (Å²) >= 11 is 0. The van der Waals surface area contributed by atoms with Crippen molar-refractivity contribution in [2.75, 3.05) is 6.61 Å². The number of carbonyl (C=O) groups is 1. The number of amides is 1. The highest BCUT2D eigenvalue weighted by Crippen LogP contribution is 2.18. The second kappa shape index (κ2) is 9.70. The highest BCUT2D eigenvalue weighted by molar-refractivity contribution is 5.76. The Morgan fingerprint density at radius 2 is 1.96 bits per heavy atom. The molecule has 1 atom stereocenters. The van der Waals surface area contributed by atoms with Crippen molar-refractivity contribution in [3.05, 3.63) is 40.3 Å². The van der Waals surface area contributed by atoms with E-state index in [9.17, 15) is 9.59 Å². The Morgan fingerprint density at radius 1 is 1.23 bits per heavy atom. The first kappa shape index (κ1) is 19.6. The molecule has 1 amide bonds. The lowest BCUT2D eigenvalue weighted by atomic mass is 10.2. The SMILES string of the molecule is CCCOc1ccc(-c2nnc(CCC(=O)NC(C)CC)c(=O)[nH]2)cc1. The van der Waals surface area contributed by atoms with Crippen molar-refractivity contribution in [3.8, 4) is 17.1 Å². The van der Waals surface area contributed by atoms with Gasteiger partial charge in [-0.25, -0.2) is 0 Å². The smallest absolute Gasteiger partial charge is 0.273 e. The molecular formula is C19H26N4O3. The molecule has 0 aliphatic carbocycles. The molecule has 2 rings (SSSR count). The van der Waals surface area contributed by atoms with Gasteiger partial charge in [-0.3, -0.25) is 9.59 Å². The fraction of sp³-hybridized carbons (Fsp3) is 0.474. The van der Waals surface area contributed by atoms with Crippen LogP contribution >= 0.6 is 0 Å². The normalized spacial score (nSPS) is 11.8. The largest absolute Gasteiger partial charge is 0.494 e. The number of aryl methyl sites for hydroxylation is 1. The van der Waals surface area contributed by atoms with E-state index in [0.717, 1.165) is 24.2 Å². The van der Waals surface area contributed by atoms with Gasteiger partial charge in [0.05, 0.1) is 6.61 Å². The molecule has 0 aliphatic heterocycles. The van der Waals surface area contributed by atoms with E-state index in [0.29, 0.717) is 12.4 Å². The molecule has 0 spiro atoms. The number of benzene rings is 1. The van der Waals surface area contributed by atoms with Crippen LogP contribution in [0, 0.1) is 0 Å². The maximum atomic E-state index is 12.2. The minimum absolute atomic E-state index is 0.0905. The van der Waals surface area contributed by atoms with Crippen molar-refractivity contribution in [1.29, 1.82) is 0 Å². The molecule has 7 nitrogen and oxygen atoms in total. The van der Waals surface area contributed by atoms with Gasteiger partial charge in [-0.2, -0.15) is 0 Å². The Balaban J connectivity index is 2.00. The second-order valence-corrected chi connectivity index (χ2v) is 6.20. The lowest BCUT2D eigenvalue weighted by Crippen LogP contribution is -2.32. The summed E-state index contributed by atoms with van der Waals surface area (Å²) in [6, 6.07) is 7.43. The zero-order chi connectivity index (χ0) is 18.9. The summed E-state index contributed by atoms with van der Waals surface area (Å²) in [5, 5.41) is 10.9. The first-order valence-corrected chi connectivity index (χ1v) is 9.02. The summed E-state index contributed by atoms with van der Waals surface area (Å²) in [4.78, 5) is 26.7. The van der Waals surface area contributed by atoms with Gasteiger partial charge < -0.3 is 15.0 Å². The molecule has 140 valence electrons. The molecule has 1 unspecified atom stereocenters. The average Bonchev–Trinajstić information content (AvgIpc) is 2.65. The highest BCUT2D eigenvalue weighted by atomic mass is 16.5. The third-order valence-electron chi connectivity index (χ3n) is 3.97. The van der Waals surface area contributed by atoms with Crippen LogP contribution in [0.25, 0.3) is 11.4 Å². The molecule has 1 aromatic heterocycles. The van der Waals surface area contributed by atoms with E-state index in [1.54, 1.807) is 0 Å². The molecule has 2 N–H and O–H groups in total. The Labute approximate surface area is 153 Å². The molecule has 2 aromatic rings. The van der Waals surface area contributed by atoms with Gasteiger partial charge in [0.2, 0.25) is 5.91 Å². The molecule has 0 saturated heterocycles. The number of carbonyl (C=O) groups excluding carboxylic acids is 1. The molecule has 1 heterocycles. The Morgan fingerprint density at radius 3 is 2.58 bits per heavy atom.